The van der Waals surface area contributed by atoms with Crippen LogP contribution in [0.5, 0.6) is 0 Å². The van der Waals surface area contributed by atoms with E-state index in [-0.39, 0.29) is 25.4 Å². The summed E-state index contributed by atoms with van der Waals surface area (Å²) in [5, 5.41) is 0.549. The fourth-order valence-electron chi connectivity index (χ4n) is 3.47. The summed E-state index contributed by atoms with van der Waals surface area (Å²) in [5.41, 5.74) is 0.0980. The average Bonchev–Trinajstić information content (AvgIpc) is 2.94. The van der Waals surface area contributed by atoms with E-state index in [2.05, 4.69) is 0 Å². The van der Waals surface area contributed by atoms with Crippen LogP contribution in [0.2, 0.25) is 5.32 Å². The van der Waals surface area contributed by atoms with Crippen LogP contribution in [0.3, 0.4) is 0 Å². The zero-order chi connectivity index (χ0) is 19.8. The van der Waals surface area contributed by atoms with Crippen molar-refractivity contribution in [3.05, 3.63) is 96.1 Å². The molecular formula is C22H19NO3SSe. The van der Waals surface area contributed by atoms with Gasteiger partial charge in [-0.25, -0.2) is 0 Å². The molecule has 1 amide bonds. The third-order valence-electron chi connectivity index (χ3n) is 4.93. The quantitative estimate of drug-likeness (QED) is 0.555. The Bertz CT molecular complexity index is 1120. The van der Waals surface area contributed by atoms with Crippen LogP contribution in [-0.2, 0) is 15.6 Å². The summed E-state index contributed by atoms with van der Waals surface area (Å²) in [7, 11) is -3.91. The Hall–Kier alpha value is -2.40. The van der Waals surface area contributed by atoms with E-state index in [1.807, 2.05) is 67.6 Å². The van der Waals surface area contributed by atoms with Gasteiger partial charge in [0.25, 0.3) is 0 Å². The number of benzene rings is 3. The van der Waals surface area contributed by atoms with Gasteiger partial charge in [0.05, 0.1) is 0 Å². The summed E-state index contributed by atoms with van der Waals surface area (Å²) in [6, 6.07) is 25.9. The summed E-state index contributed by atoms with van der Waals surface area (Å²) >= 11 is -0.00355. The molecule has 4 nitrogen and oxygen atoms in total. The van der Waals surface area contributed by atoms with Crippen molar-refractivity contribution in [1.29, 1.82) is 0 Å². The summed E-state index contributed by atoms with van der Waals surface area (Å²) in [5.74, 6) is -0.453. The minimum absolute atomic E-state index is 0.00355. The van der Waals surface area contributed by atoms with E-state index < -0.39 is 21.5 Å². The molecule has 4 rings (SSSR count). The van der Waals surface area contributed by atoms with E-state index in [9.17, 15) is 13.2 Å². The van der Waals surface area contributed by atoms with Gasteiger partial charge in [-0.1, -0.05) is 0 Å². The van der Waals surface area contributed by atoms with Crippen molar-refractivity contribution in [3.63, 3.8) is 0 Å². The summed E-state index contributed by atoms with van der Waals surface area (Å²) in [6.07, 6.45) is 0. The monoisotopic (exact) mass is 457 g/mol. The molecule has 1 aliphatic rings. The number of hydrogen-bond acceptors (Lipinski definition) is 3. The van der Waals surface area contributed by atoms with Gasteiger partial charge in [-0.15, -0.1) is 0 Å². The van der Waals surface area contributed by atoms with Crippen molar-refractivity contribution in [2.75, 3.05) is 0 Å². The number of amides is 1. The zero-order valence-electron chi connectivity index (χ0n) is 15.3. The molecule has 1 heterocycles. The van der Waals surface area contributed by atoms with Crippen LogP contribution in [0, 0.1) is 0 Å². The molecule has 3 aromatic carbocycles. The predicted molar refractivity (Wildman–Crippen MR) is 110 cm³/mol. The minimum atomic E-state index is -3.91. The molecular weight excluding hydrogens is 437 g/mol. The number of nitrogens with zero attached hydrogens (tertiary/aromatic N) is 1. The molecule has 1 unspecified atom stereocenters. The first kappa shape index (κ1) is 18.9. The normalized spacial score (nSPS) is 17.2. The van der Waals surface area contributed by atoms with Gasteiger partial charge in [0.1, 0.15) is 0 Å². The van der Waals surface area contributed by atoms with E-state index in [0.29, 0.717) is 5.32 Å². The van der Waals surface area contributed by atoms with Crippen LogP contribution in [0.15, 0.2) is 89.8 Å². The van der Waals surface area contributed by atoms with Gasteiger partial charge in [0.2, 0.25) is 0 Å². The number of carbonyl (C=O) groups excluding carboxylic acids is 1. The fourth-order valence-corrected chi connectivity index (χ4v) is 7.85. The molecule has 0 N–H and O–H groups in total. The molecule has 3 aromatic rings. The first-order valence-electron chi connectivity index (χ1n) is 8.87. The van der Waals surface area contributed by atoms with Crippen LogP contribution in [0.4, 0.5) is 0 Å². The van der Waals surface area contributed by atoms with Crippen LogP contribution in [0.1, 0.15) is 22.8 Å². The van der Waals surface area contributed by atoms with Crippen LogP contribution >= 0.6 is 0 Å². The second-order valence-corrected chi connectivity index (χ2v) is 10.8. The molecule has 0 aromatic heterocycles. The summed E-state index contributed by atoms with van der Waals surface area (Å²) in [6.45, 7) is 1.86. The average molecular weight is 456 g/mol. The molecule has 0 saturated carbocycles. The van der Waals surface area contributed by atoms with Crippen molar-refractivity contribution in [2.45, 2.75) is 22.7 Å². The molecule has 142 valence electrons. The molecule has 0 fully saturated rings. The number of sulfonamides is 1. The molecule has 0 radical (unpaired) electrons. The van der Waals surface area contributed by atoms with E-state index in [0.717, 1.165) is 9.87 Å². The van der Waals surface area contributed by atoms with Gasteiger partial charge in [0, 0.05) is 0 Å². The van der Waals surface area contributed by atoms with Crippen molar-refractivity contribution < 1.29 is 13.2 Å². The Labute approximate surface area is 171 Å². The topological polar surface area (TPSA) is 54.5 Å². The van der Waals surface area contributed by atoms with Gasteiger partial charge in [-0.2, -0.15) is 0 Å². The Morgan fingerprint density at radius 3 is 2.07 bits per heavy atom. The van der Waals surface area contributed by atoms with E-state index in [1.165, 1.54) is 10.5 Å². The third kappa shape index (κ3) is 3.08. The molecule has 1 atom stereocenters. The summed E-state index contributed by atoms with van der Waals surface area (Å²) < 4.78 is 28.9. The van der Waals surface area contributed by atoms with E-state index in [4.69, 9.17) is 0 Å². The van der Waals surface area contributed by atoms with Crippen molar-refractivity contribution in [2.24, 2.45) is 0 Å². The second kappa shape index (κ2) is 7.21. The second-order valence-electron chi connectivity index (χ2n) is 6.81. The molecule has 0 saturated heterocycles. The SMILES string of the molecule is CC(C[Se]c1ccccc1)(c1ccccc1)N1C(=O)c2ccccc2S1(=O)=O. The molecule has 28 heavy (non-hydrogen) atoms. The van der Waals surface area contributed by atoms with Gasteiger partial charge >= 0.3 is 172 Å². The van der Waals surface area contributed by atoms with Crippen molar-refractivity contribution in [3.8, 4) is 0 Å². The first-order chi connectivity index (χ1) is 13.4. The number of carbonyl (C=O) groups is 1. The van der Waals surface area contributed by atoms with Gasteiger partial charge in [0.15, 0.2) is 0 Å². The van der Waals surface area contributed by atoms with Crippen LogP contribution in [0.25, 0.3) is 0 Å². The number of rotatable bonds is 5. The van der Waals surface area contributed by atoms with E-state index >= 15 is 0 Å². The summed E-state index contributed by atoms with van der Waals surface area (Å²) in [4.78, 5) is 13.3. The van der Waals surface area contributed by atoms with Gasteiger partial charge < -0.3 is 0 Å². The predicted octanol–water partition coefficient (Wildman–Crippen LogP) is 3.19. The fraction of sp³-hybridized carbons (Fsp3) is 0.136. The molecule has 6 heteroatoms. The first-order valence-corrected chi connectivity index (χ1v) is 12.4. The standard InChI is InChI=1S/C22H19NO3SSe/c1-22(17-10-4-2-5-11-17,16-28-18-12-6-3-7-13-18)23-21(24)19-14-8-9-15-20(19)27(23,25)26/h2-15H,16H2,1H3. The van der Waals surface area contributed by atoms with E-state index in [1.54, 1.807) is 18.2 Å². The Morgan fingerprint density at radius 2 is 1.43 bits per heavy atom. The number of hydrogen-bond donors (Lipinski definition) is 0. The van der Waals surface area contributed by atoms with Crippen LogP contribution in [-0.4, -0.2) is 33.6 Å². The van der Waals surface area contributed by atoms with Crippen LogP contribution < -0.4 is 4.46 Å². The maximum atomic E-state index is 13.3. The number of fused-ring (bicyclic) bond motifs is 1. The third-order valence-corrected chi connectivity index (χ3v) is 9.64. The molecule has 0 aliphatic carbocycles. The Kier molecular flexibility index (Phi) is 4.88. The zero-order valence-corrected chi connectivity index (χ0v) is 17.8. The van der Waals surface area contributed by atoms with Crippen molar-refractivity contribution >= 4 is 35.3 Å². The maximum absolute atomic E-state index is 13.3. The van der Waals surface area contributed by atoms with Crippen molar-refractivity contribution in [1.82, 2.24) is 4.31 Å². The molecule has 0 bridgehead atoms. The molecule has 0 spiro atoms. The molecule has 1 aliphatic heterocycles. The Balaban J connectivity index is 1.82. The van der Waals surface area contributed by atoms with Gasteiger partial charge in [-0.05, 0) is 0 Å². The van der Waals surface area contributed by atoms with Gasteiger partial charge in [-0.3, -0.25) is 0 Å². The Morgan fingerprint density at radius 1 is 0.857 bits per heavy atom.